The molecule has 0 bridgehead atoms. The second kappa shape index (κ2) is 4.67. The molecule has 0 fully saturated rings. The number of aliphatic hydroxyl groups is 1. The van der Waals surface area contributed by atoms with Crippen molar-refractivity contribution < 1.29 is 5.11 Å². The Morgan fingerprint density at radius 3 is 2.75 bits per heavy atom. The fourth-order valence-corrected chi connectivity index (χ4v) is 0.481. The van der Waals surface area contributed by atoms with E-state index in [0.29, 0.717) is 0 Å². The number of hydrogen-bond acceptors (Lipinski definition) is 1. The molecule has 0 unspecified atom stereocenters. The van der Waals surface area contributed by atoms with Crippen molar-refractivity contribution in [1.29, 1.82) is 0 Å². The van der Waals surface area contributed by atoms with Gasteiger partial charge in [0.2, 0.25) is 0 Å². The predicted molar refractivity (Wildman–Crippen MR) is 34.4 cm³/mol. The van der Waals surface area contributed by atoms with Crippen LogP contribution in [0.4, 0.5) is 0 Å². The highest BCUT2D eigenvalue weighted by molar-refractivity contribution is 4.92. The Balaban J connectivity index is 3.02. The molecule has 1 heteroatoms. The van der Waals surface area contributed by atoms with E-state index in [1.807, 2.05) is 0 Å². The Morgan fingerprint density at radius 1 is 1.75 bits per heavy atom. The van der Waals surface area contributed by atoms with Crippen molar-refractivity contribution in [2.24, 2.45) is 0 Å². The van der Waals surface area contributed by atoms with E-state index in [-0.39, 0.29) is 0 Å². The molecule has 0 amide bonds. The summed E-state index contributed by atoms with van der Waals surface area (Å²) >= 11 is 0. The van der Waals surface area contributed by atoms with Crippen LogP contribution in [0.3, 0.4) is 0 Å². The Hall–Kier alpha value is -0.480. The maximum atomic E-state index is 8.75. The van der Waals surface area contributed by atoms with Crippen molar-refractivity contribution in [1.82, 2.24) is 0 Å². The third-order valence-electron chi connectivity index (χ3n) is 1.02. The zero-order chi connectivity index (χ0) is 6.41. The summed E-state index contributed by atoms with van der Waals surface area (Å²) < 4.78 is 0. The average molecular weight is 112 g/mol. The fourth-order valence-electron chi connectivity index (χ4n) is 0.481. The van der Waals surface area contributed by atoms with E-state index in [2.05, 4.69) is 12.8 Å². The minimum absolute atomic E-state index is 0.519. The molecule has 0 spiro atoms. The Kier molecular flexibility index (Phi) is 4.39. The van der Waals surface area contributed by atoms with Crippen molar-refractivity contribution in [2.75, 3.05) is 0 Å². The maximum absolute atomic E-state index is 8.75. The van der Waals surface area contributed by atoms with E-state index in [9.17, 15) is 0 Å². The second-order valence-corrected chi connectivity index (χ2v) is 1.82. The standard InChI is InChI=1S/C7H12O/c1-3-5-6-7(8)4-2/h2,7-8H,3,5-6H2,1H3/t7-/m1/s1. The predicted octanol–water partition coefficient (Wildman–Crippen LogP) is 1.17. The summed E-state index contributed by atoms with van der Waals surface area (Å²) in [5, 5.41) is 8.75. The van der Waals surface area contributed by atoms with Crippen LogP contribution in [-0.2, 0) is 0 Å². The SMILES string of the molecule is C#C[C@@H](O)CCCC. The Morgan fingerprint density at radius 2 is 2.38 bits per heavy atom. The topological polar surface area (TPSA) is 20.2 Å². The summed E-state index contributed by atoms with van der Waals surface area (Å²) in [4.78, 5) is 0. The lowest BCUT2D eigenvalue weighted by atomic mass is 10.2. The van der Waals surface area contributed by atoms with Crippen LogP contribution in [0.2, 0.25) is 0 Å². The molecule has 0 rings (SSSR count). The molecule has 0 heterocycles. The zero-order valence-electron chi connectivity index (χ0n) is 5.22. The van der Waals surface area contributed by atoms with Crippen LogP contribution in [0.5, 0.6) is 0 Å². The first-order valence-corrected chi connectivity index (χ1v) is 2.95. The third-order valence-corrected chi connectivity index (χ3v) is 1.02. The van der Waals surface area contributed by atoms with E-state index in [0.717, 1.165) is 19.3 Å². The lowest BCUT2D eigenvalue weighted by molar-refractivity contribution is 0.218. The number of terminal acetylenes is 1. The van der Waals surface area contributed by atoms with Gasteiger partial charge in [0.25, 0.3) is 0 Å². The van der Waals surface area contributed by atoms with Crippen molar-refractivity contribution >= 4 is 0 Å². The molecular weight excluding hydrogens is 100 g/mol. The fraction of sp³-hybridized carbons (Fsp3) is 0.714. The molecule has 0 aliphatic heterocycles. The number of rotatable bonds is 3. The van der Waals surface area contributed by atoms with Crippen LogP contribution >= 0.6 is 0 Å². The monoisotopic (exact) mass is 112 g/mol. The number of aliphatic hydroxyl groups excluding tert-OH is 1. The molecule has 0 aliphatic carbocycles. The molecule has 0 saturated carbocycles. The van der Waals surface area contributed by atoms with Crippen LogP contribution in [0.1, 0.15) is 26.2 Å². The highest BCUT2D eigenvalue weighted by Crippen LogP contribution is 1.97. The molecule has 1 nitrogen and oxygen atoms in total. The average Bonchev–Trinajstić information content (AvgIpc) is 1.83. The lowest BCUT2D eigenvalue weighted by Crippen LogP contribution is -2.00. The van der Waals surface area contributed by atoms with Gasteiger partial charge in [-0.3, -0.25) is 0 Å². The van der Waals surface area contributed by atoms with Crippen LogP contribution in [-0.4, -0.2) is 11.2 Å². The van der Waals surface area contributed by atoms with Crippen molar-refractivity contribution in [2.45, 2.75) is 32.3 Å². The van der Waals surface area contributed by atoms with Gasteiger partial charge in [-0.25, -0.2) is 0 Å². The number of unbranched alkanes of at least 4 members (excludes halogenated alkanes) is 1. The molecule has 0 aromatic heterocycles. The summed E-state index contributed by atoms with van der Waals surface area (Å²) in [5.41, 5.74) is 0. The summed E-state index contributed by atoms with van der Waals surface area (Å²) in [6.45, 7) is 2.07. The summed E-state index contributed by atoms with van der Waals surface area (Å²) in [5.74, 6) is 2.26. The molecule has 8 heavy (non-hydrogen) atoms. The van der Waals surface area contributed by atoms with Gasteiger partial charge < -0.3 is 5.11 Å². The van der Waals surface area contributed by atoms with Crippen LogP contribution < -0.4 is 0 Å². The number of hydrogen-bond donors (Lipinski definition) is 1. The normalized spacial score (nSPS) is 12.6. The molecular formula is C7H12O. The van der Waals surface area contributed by atoms with Gasteiger partial charge >= 0.3 is 0 Å². The lowest BCUT2D eigenvalue weighted by Gasteiger charge is -1.97. The first kappa shape index (κ1) is 7.52. The second-order valence-electron chi connectivity index (χ2n) is 1.82. The molecule has 0 aromatic rings. The Labute approximate surface area is 50.7 Å². The first-order chi connectivity index (χ1) is 3.81. The van der Waals surface area contributed by atoms with Gasteiger partial charge in [-0.05, 0) is 6.42 Å². The summed E-state index contributed by atoms with van der Waals surface area (Å²) in [7, 11) is 0. The van der Waals surface area contributed by atoms with Gasteiger partial charge in [0.15, 0.2) is 0 Å². The molecule has 0 saturated heterocycles. The van der Waals surface area contributed by atoms with Crippen molar-refractivity contribution in [3.8, 4) is 12.3 Å². The van der Waals surface area contributed by atoms with E-state index in [1.54, 1.807) is 0 Å². The minimum Gasteiger partial charge on any atom is -0.380 e. The first-order valence-electron chi connectivity index (χ1n) is 2.95. The molecule has 0 aromatic carbocycles. The van der Waals surface area contributed by atoms with Gasteiger partial charge in [0.05, 0.1) is 0 Å². The van der Waals surface area contributed by atoms with Crippen molar-refractivity contribution in [3.63, 3.8) is 0 Å². The van der Waals surface area contributed by atoms with Crippen LogP contribution in [0.15, 0.2) is 0 Å². The highest BCUT2D eigenvalue weighted by atomic mass is 16.3. The van der Waals surface area contributed by atoms with E-state index < -0.39 is 6.10 Å². The van der Waals surface area contributed by atoms with Crippen LogP contribution in [0.25, 0.3) is 0 Å². The van der Waals surface area contributed by atoms with Gasteiger partial charge in [-0.1, -0.05) is 25.7 Å². The van der Waals surface area contributed by atoms with Gasteiger partial charge in [0.1, 0.15) is 6.10 Å². The maximum Gasteiger partial charge on any atom is 0.114 e. The third kappa shape index (κ3) is 3.70. The van der Waals surface area contributed by atoms with Crippen molar-refractivity contribution in [3.05, 3.63) is 0 Å². The molecule has 1 atom stereocenters. The zero-order valence-corrected chi connectivity index (χ0v) is 5.22. The van der Waals surface area contributed by atoms with Crippen LogP contribution in [0, 0.1) is 12.3 Å². The largest absolute Gasteiger partial charge is 0.380 e. The molecule has 46 valence electrons. The minimum atomic E-state index is -0.519. The van der Waals surface area contributed by atoms with Gasteiger partial charge in [-0.2, -0.15) is 0 Å². The van der Waals surface area contributed by atoms with E-state index in [1.165, 1.54) is 0 Å². The molecule has 1 N–H and O–H groups in total. The molecule has 0 aliphatic rings. The Bertz CT molecular complexity index is 80.9. The van der Waals surface area contributed by atoms with E-state index in [4.69, 9.17) is 11.5 Å². The molecule has 0 radical (unpaired) electrons. The van der Waals surface area contributed by atoms with E-state index >= 15 is 0 Å². The quantitative estimate of drug-likeness (QED) is 0.543. The highest BCUT2D eigenvalue weighted by Gasteiger charge is 1.94. The summed E-state index contributed by atoms with van der Waals surface area (Å²) in [6.07, 6.45) is 7.25. The summed E-state index contributed by atoms with van der Waals surface area (Å²) in [6, 6.07) is 0. The smallest absolute Gasteiger partial charge is 0.114 e. The van der Waals surface area contributed by atoms with Gasteiger partial charge in [0, 0.05) is 0 Å². The van der Waals surface area contributed by atoms with Gasteiger partial charge in [-0.15, -0.1) is 6.42 Å².